The number of hydrogen-bond acceptors (Lipinski definition) is 7. The molecule has 2 aromatic heterocycles. The molecule has 0 saturated heterocycles. The second kappa shape index (κ2) is 9.80. The fraction of sp³-hybridized carbons (Fsp3) is 0.185. The lowest BCUT2D eigenvalue weighted by molar-refractivity contribution is 0.0941. The maximum absolute atomic E-state index is 12.8. The van der Waals surface area contributed by atoms with Crippen molar-refractivity contribution in [1.29, 1.82) is 0 Å². The molecule has 0 spiro atoms. The van der Waals surface area contributed by atoms with Crippen LogP contribution in [0, 0.1) is 13.8 Å². The molecule has 0 amide bonds. The summed E-state index contributed by atoms with van der Waals surface area (Å²) < 4.78 is 17.7. The van der Waals surface area contributed by atoms with Crippen LogP contribution < -0.4 is 14.2 Å². The van der Waals surface area contributed by atoms with Crippen LogP contribution >= 0.6 is 0 Å². The molecule has 2 aromatic carbocycles. The number of nitrogens with zero attached hydrogens (tertiary/aromatic N) is 3. The highest BCUT2D eigenvalue weighted by molar-refractivity contribution is 6.07. The van der Waals surface area contributed by atoms with Crippen LogP contribution in [-0.4, -0.2) is 47.8 Å². The summed E-state index contributed by atoms with van der Waals surface area (Å²) in [7, 11) is 4.59. The number of ketones is 1. The predicted octanol–water partition coefficient (Wildman–Crippen LogP) is 4.66. The van der Waals surface area contributed by atoms with Crippen LogP contribution in [0.25, 0.3) is 17.0 Å². The van der Waals surface area contributed by atoms with E-state index >= 15 is 0 Å². The monoisotopic (exact) mass is 471 g/mol. The van der Waals surface area contributed by atoms with E-state index in [1.807, 2.05) is 19.9 Å². The number of fused-ring (bicyclic) bond motifs is 1. The predicted molar refractivity (Wildman–Crippen MR) is 133 cm³/mol. The Morgan fingerprint density at radius 2 is 1.60 bits per heavy atom. The van der Waals surface area contributed by atoms with E-state index in [-0.39, 0.29) is 17.4 Å². The first-order valence-corrected chi connectivity index (χ1v) is 10.9. The number of carbonyl (C=O) groups excluding carboxylic acids is 2. The van der Waals surface area contributed by atoms with Gasteiger partial charge in [0.05, 0.1) is 32.5 Å². The van der Waals surface area contributed by atoms with Gasteiger partial charge in [0.25, 0.3) is 5.91 Å². The second-order valence-electron chi connectivity index (χ2n) is 7.87. The Kier molecular flexibility index (Phi) is 6.64. The zero-order valence-electron chi connectivity index (χ0n) is 20.2. The quantitative estimate of drug-likeness (QED) is 0.286. The first-order chi connectivity index (χ1) is 16.9. The maximum atomic E-state index is 12.8. The average Bonchev–Trinajstić information content (AvgIpc) is 3.22. The summed E-state index contributed by atoms with van der Waals surface area (Å²) in [6.07, 6.45) is 3.13. The highest BCUT2D eigenvalue weighted by atomic mass is 16.5. The van der Waals surface area contributed by atoms with E-state index in [1.165, 1.54) is 32.1 Å². The van der Waals surface area contributed by atoms with Crippen molar-refractivity contribution in [1.82, 2.24) is 14.8 Å². The van der Waals surface area contributed by atoms with Crippen molar-refractivity contribution in [3.05, 3.63) is 82.8 Å². The molecule has 8 heteroatoms. The normalized spacial score (nSPS) is 11.1. The molecule has 35 heavy (non-hydrogen) atoms. The van der Waals surface area contributed by atoms with Crippen molar-refractivity contribution >= 4 is 28.7 Å². The highest BCUT2D eigenvalue weighted by Gasteiger charge is 2.18. The molecular weight excluding hydrogens is 446 g/mol. The molecule has 0 N–H and O–H groups in total. The Bertz CT molecular complexity index is 1450. The summed E-state index contributed by atoms with van der Waals surface area (Å²) in [4.78, 5) is 30.0. The van der Waals surface area contributed by atoms with Crippen molar-refractivity contribution in [2.75, 3.05) is 21.3 Å². The molecule has 4 aromatic rings. The molecule has 0 aliphatic rings. The van der Waals surface area contributed by atoms with Crippen LogP contribution in [0.15, 0.2) is 54.6 Å². The Labute approximate surface area is 202 Å². The number of aromatic nitrogens is 3. The summed E-state index contributed by atoms with van der Waals surface area (Å²) in [6, 6.07) is 13.9. The molecule has 178 valence electrons. The van der Waals surface area contributed by atoms with Gasteiger partial charge < -0.3 is 14.2 Å². The molecular formula is C27H25N3O5. The number of methoxy groups -OCH3 is 3. The minimum Gasteiger partial charge on any atom is -0.493 e. The lowest BCUT2D eigenvalue weighted by atomic mass is 10.1. The van der Waals surface area contributed by atoms with E-state index in [0.717, 1.165) is 17.0 Å². The van der Waals surface area contributed by atoms with Gasteiger partial charge >= 0.3 is 0 Å². The third-order valence-corrected chi connectivity index (χ3v) is 5.53. The van der Waals surface area contributed by atoms with Crippen molar-refractivity contribution in [2.24, 2.45) is 0 Å². The van der Waals surface area contributed by atoms with Crippen LogP contribution in [0.2, 0.25) is 0 Å². The number of aryl methyl sites for hydroxylation is 2. The SMILES string of the molecule is COc1cc2nc(C(=O)C=Cc3ccc(C(=O)n4nc(C)cc4C)cc3)ccc2c(OC)c1OC. The summed E-state index contributed by atoms with van der Waals surface area (Å²) >= 11 is 0. The summed E-state index contributed by atoms with van der Waals surface area (Å²) in [6.45, 7) is 3.68. The fourth-order valence-electron chi connectivity index (χ4n) is 3.84. The van der Waals surface area contributed by atoms with Crippen LogP contribution in [0.5, 0.6) is 17.2 Å². The van der Waals surface area contributed by atoms with E-state index in [1.54, 1.807) is 48.5 Å². The van der Waals surface area contributed by atoms with Crippen LogP contribution in [-0.2, 0) is 0 Å². The van der Waals surface area contributed by atoms with Crippen molar-refractivity contribution in [3.8, 4) is 17.2 Å². The van der Waals surface area contributed by atoms with Gasteiger partial charge in [-0.2, -0.15) is 5.10 Å². The Morgan fingerprint density at radius 1 is 0.886 bits per heavy atom. The Hall–Kier alpha value is -4.46. The third-order valence-electron chi connectivity index (χ3n) is 5.53. The zero-order chi connectivity index (χ0) is 25.1. The first kappa shape index (κ1) is 23.7. The van der Waals surface area contributed by atoms with Crippen LogP contribution in [0.3, 0.4) is 0 Å². The van der Waals surface area contributed by atoms with Gasteiger partial charge in [0.15, 0.2) is 11.5 Å². The molecule has 0 aliphatic carbocycles. The van der Waals surface area contributed by atoms with Crippen LogP contribution in [0.4, 0.5) is 0 Å². The number of hydrogen-bond donors (Lipinski definition) is 0. The van der Waals surface area contributed by atoms with Gasteiger partial charge in [0.2, 0.25) is 11.5 Å². The van der Waals surface area contributed by atoms with Gasteiger partial charge in [-0.1, -0.05) is 18.2 Å². The molecule has 0 saturated carbocycles. The van der Waals surface area contributed by atoms with Crippen molar-refractivity contribution < 1.29 is 23.8 Å². The highest BCUT2D eigenvalue weighted by Crippen LogP contribution is 2.42. The number of benzene rings is 2. The minimum atomic E-state index is -0.261. The number of ether oxygens (including phenoxy) is 3. The Morgan fingerprint density at radius 3 is 2.20 bits per heavy atom. The maximum Gasteiger partial charge on any atom is 0.278 e. The van der Waals surface area contributed by atoms with Crippen LogP contribution in [0.1, 0.15) is 37.8 Å². The van der Waals surface area contributed by atoms with E-state index in [4.69, 9.17) is 14.2 Å². The summed E-state index contributed by atoms with van der Waals surface area (Å²) in [5, 5.41) is 4.94. The summed E-state index contributed by atoms with van der Waals surface area (Å²) in [5.74, 6) is 0.940. The molecule has 0 radical (unpaired) electrons. The van der Waals surface area contributed by atoms with E-state index in [2.05, 4.69) is 10.1 Å². The third kappa shape index (κ3) is 4.63. The summed E-state index contributed by atoms with van der Waals surface area (Å²) in [5.41, 5.74) is 3.67. The largest absolute Gasteiger partial charge is 0.493 e. The first-order valence-electron chi connectivity index (χ1n) is 10.9. The topological polar surface area (TPSA) is 92.5 Å². The molecule has 0 bridgehead atoms. The minimum absolute atomic E-state index is 0.204. The molecule has 0 aliphatic heterocycles. The van der Waals surface area contributed by atoms with Gasteiger partial charge in [-0.05, 0) is 55.8 Å². The number of pyridine rings is 1. The lowest BCUT2D eigenvalue weighted by Crippen LogP contribution is -2.15. The molecule has 0 unspecified atom stereocenters. The molecule has 0 atom stereocenters. The number of rotatable bonds is 7. The smallest absolute Gasteiger partial charge is 0.278 e. The molecule has 4 rings (SSSR count). The van der Waals surface area contributed by atoms with Gasteiger partial charge in [0, 0.05) is 22.7 Å². The van der Waals surface area contributed by atoms with Gasteiger partial charge in [0.1, 0.15) is 5.69 Å². The number of allylic oxidation sites excluding steroid dienone is 1. The number of carbonyl (C=O) groups is 2. The fourth-order valence-corrected chi connectivity index (χ4v) is 3.84. The van der Waals surface area contributed by atoms with Gasteiger partial charge in [-0.25, -0.2) is 9.67 Å². The van der Waals surface area contributed by atoms with E-state index < -0.39 is 0 Å². The van der Waals surface area contributed by atoms with Gasteiger partial charge in [-0.3, -0.25) is 9.59 Å². The lowest BCUT2D eigenvalue weighted by Gasteiger charge is -2.14. The molecule has 2 heterocycles. The second-order valence-corrected chi connectivity index (χ2v) is 7.87. The molecule has 0 fully saturated rings. The van der Waals surface area contributed by atoms with E-state index in [0.29, 0.717) is 33.7 Å². The van der Waals surface area contributed by atoms with Crippen molar-refractivity contribution in [2.45, 2.75) is 13.8 Å². The van der Waals surface area contributed by atoms with Gasteiger partial charge in [-0.15, -0.1) is 0 Å². The van der Waals surface area contributed by atoms with E-state index in [9.17, 15) is 9.59 Å². The average molecular weight is 472 g/mol. The Balaban J connectivity index is 1.55. The molecule has 8 nitrogen and oxygen atoms in total. The standard InChI is InChI=1S/C27H25N3O5/c1-16-14-17(2)30(29-16)27(32)19-9-6-18(7-10-19)8-13-23(31)21-12-11-20-22(28-21)15-24(33-3)26(35-5)25(20)34-4/h6-15H,1-5H3. The van der Waals surface area contributed by atoms with Crippen molar-refractivity contribution in [3.63, 3.8) is 0 Å². The zero-order valence-corrected chi connectivity index (χ0v) is 20.2.